The Hall–Kier alpha value is -2.00. The van der Waals surface area contributed by atoms with Crippen LogP contribution in [-0.2, 0) is 13.0 Å². The van der Waals surface area contributed by atoms with Crippen LogP contribution in [0.3, 0.4) is 0 Å². The Morgan fingerprint density at radius 3 is 2.56 bits per heavy atom. The molecule has 3 heteroatoms. The highest BCUT2D eigenvalue weighted by Gasteiger charge is 2.02. The Morgan fingerprint density at radius 1 is 1.06 bits per heavy atom. The Kier molecular flexibility index (Phi) is 4.20. The zero-order chi connectivity index (χ0) is 12.8. The summed E-state index contributed by atoms with van der Waals surface area (Å²) in [5.74, 6) is 0. The summed E-state index contributed by atoms with van der Waals surface area (Å²) in [7, 11) is 0. The van der Waals surface area contributed by atoms with E-state index in [1.54, 1.807) is 0 Å². The number of aliphatic hydroxyl groups excluding tert-OH is 1. The van der Waals surface area contributed by atoms with E-state index in [0.717, 1.165) is 23.5 Å². The van der Waals surface area contributed by atoms with Gasteiger partial charge in [-0.1, -0.05) is 30.3 Å². The van der Waals surface area contributed by atoms with Gasteiger partial charge < -0.3 is 16.2 Å². The highest BCUT2D eigenvalue weighted by atomic mass is 16.2. The third-order valence-electron chi connectivity index (χ3n) is 2.84. The second-order valence-electron chi connectivity index (χ2n) is 4.23. The van der Waals surface area contributed by atoms with Gasteiger partial charge in [0.1, 0.15) is 0 Å². The molecule has 2 aromatic rings. The predicted molar refractivity (Wildman–Crippen MR) is 75.4 cm³/mol. The minimum absolute atomic E-state index is 0.128. The van der Waals surface area contributed by atoms with Crippen LogP contribution < -0.4 is 11.1 Å². The lowest BCUT2D eigenvalue weighted by atomic mass is 10.1. The number of hydrogen-bond donors (Lipinski definition) is 3. The molecule has 0 aliphatic carbocycles. The number of nitrogen functional groups attached to an aromatic ring is 1. The normalized spacial score (nSPS) is 10.3. The van der Waals surface area contributed by atoms with E-state index in [-0.39, 0.29) is 6.61 Å². The number of hydrogen-bond acceptors (Lipinski definition) is 3. The average Bonchev–Trinajstić information content (AvgIpc) is 2.39. The maximum atomic E-state index is 9.05. The topological polar surface area (TPSA) is 58.3 Å². The summed E-state index contributed by atoms with van der Waals surface area (Å²) >= 11 is 0. The molecule has 3 nitrogen and oxygen atoms in total. The molecule has 94 valence electrons. The summed E-state index contributed by atoms with van der Waals surface area (Å²) < 4.78 is 0. The maximum Gasteiger partial charge on any atom is 0.0472 e. The van der Waals surface area contributed by atoms with Crippen molar-refractivity contribution in [2.45, 2.75) is 13.0 Å². The lowest BCUT2D eigenvalue weighted by Crippen LogP contribution is -2.04. The number of nitrogens with two attached hydrogens (primary N) is 1. The van der Waals surface area contributed by atoms with Gasteiger partial charge in [-0.25, -0.2) is 0 Å². The van der Waals surface area contributed by atoms with Crippen molar-refractivity contribution in [1.29, 1.82) is 0 Å². The largest absolute Gasteiger partial charge is 0.399 e. The van der Waals surface area contributed by atoms with Crippen LogP contribution in [0.15, 0.2) is 48.5 Å². The molecule has 0 heterocycles. The van der Waals surface area contributed by atoms with E-state index in [1.807, 2.05) is 36.4 Å². The van der Waals surface area contributed by atoms with Crippen molar-refractivity contribution in [1.82, 2.24) is 0 Å². The molecule has 0 unspecified atom stereocenters. The lowest BCUT2D eigenvalue weighted by Gasteiger charge is -2.12. The van der Waals surface area contributed by atoms with E-state index >= 15 is 0 Å². The lowest BCUT2D eigenvalue weighted by molar-refractivity contribution is 0.300. The van der Waals surface area contributed by atoms with Crippen LogP contribution in [0.1, 0.15) is 11.1 Å². The van der Waals surface area contributed by atoms with Crippen LogP contribution in [0, 0.1) is 0 Å². The molecular formula is C15H18N2O. The zero-order valence-corrected chi connectivity index (χ0v) is 10.3. The molecule has 18 heavy (non-hydrogen) atoms. The molecule has 2 aromatic carbocycles. The fourth-order valence-corrected chi connectivity index (χ4v) is 1.91. The third-order valence-corrected chi connectivity index (χ3v) is 2.84. The number of anilines is 2. The monoisotopic (exact) mass is 242 g/mol. The van der Waals surface area contributed by atoms with Crippen molar-refractivity contribution in [2.24, 2.45) is 0 Å². The predicted octanol–water partition coefficient (Wildman–Crippen LogP) is 2.42. The Bertz CT molecular complexity index is 497. The van der Waals surface area contributed by atoms with E-state index in [0.29, 0.717) is 6.42 Å². The van der Waals surface area contributed by atoms with Gasteiger partial charge in [-0.3, -0.25) is 0 Å². The number of nitrogens with one attached hydrogen (secondary N) is 1. The molecule has 0 amide bonds. The van der Waals surface area contributed by atoms with Gasteiger partial charge >= 0.3 is 0 Å². The minimum Gasteiger partial charge on any atom is -0.399 e. The molecule has 0 saturated carbocycles. The average molecular weight is 242 g/mol. The number of rotatable bonds is 5. The van der Waals surface area contributed by atoms with Crippen LogP contribution in [0.2, 0.25) is 0 Å². The molecule has 0 bridgehead atoms. The minimum atomic E-state index is 0.128. The molecule has 2 rings (SSSR count). The first-order chi connectivity index (χ1) is 8.79. The van der Waals surface area contributed by atoms with Crippen LogP contribution in [-0.4, -0.2) is 11.7 Å². The first-order valence-electron chi connectivity index (χ1n) is 6.06. The van der Waals surface area contributed by atoms with Gasteiger partial charge in [0, 0.05) is 24.5 Å². The first-order valence-corrected chi connectivity index (χ1v) is 6.06. The molecular weight excluding hydrogens is 224 g/mol. The van der Waals surface area contributed by atoms with Gasteiger partial charge in [0.2, 0.25) is 0 Å². The van der Waals surface area contributed by atoms with E-state index < -0.39 is 0 Å². The fraction of sp³-hybridized carbons (Fsp3) is 0.200. The quantitative estimate of drug-likeness (QED) is 0.706. The van der Waals surface area contributed by atoms with E-state index in [4.69, 9.17) is 10.8 Å². The summed E-state index contributed by atoms with van der Waals surface area (Å²) in [6.07, 6.45) is 0.613. The van der Waals surface area contributed by atoms with Gasteiger partial charge in [-0.15, -0.1) is 0 Å². The van der Waals surface area contributed by atoms with Gasteiger partial charge in [0.15, 0.2) is 0 Å². The molecule has 4 N–H and O–H groups in total. The van der Waals surface area contributed by atoms with E-state index in [2.05, 4.69) is 17.4 Å². The van der Waals surface area contributed by atoms with Crippen LogP contribution in [0.4, 0.5) is 11.4 Å². The summed E-state index contributed by atoms with van der Waals surface area (Å²) in [6.45, 7) is 0.895. The van der Waals surface area contributed by atoms with Gasteiger partial charge in [0.25, 0.3) is 0 Å². The fourth-order valence-electron chi connectivity index (χ4n) is 1.91. The highest BCUT2D eigenvalue weighted by molar-refractivity contribution is 5.58. The summed E-state index contributed by atoms with van der Waals surface area (Å²) in [4.78, 5) is 0. The van der Waals surface area contributed by atoms with E-state index in [1.165, 1.54) is 5.56 Å². The Labute approximate surface area is 107 Å². The molecule has 0 atom stereocenters. The molecule has 0 spiro atoms. The second-order valence-corrected chi connectivity index (χ2v) is 4.23. The van der Waals surface area contributed by atoms with E-state index in [9.17, 15) is 0 Å². The van der Waals surface area contributed by atoms with Crippen molar-refractivity contribution in [2.75, 3.05) is 17.7 Å². The number of benzene rings is 2. The molecule has 0 aromatic heterocycles. The van der Waals surface area contributed by atoms with Gasteiger partial charge in [-0.05, 0) is 35.7 Å². The van der Waals surface area contributed by atoms with Crippen molar-refractivity contribution >= 4 is 11.4 Å². The molecule has 0 aliphatic rings. The van der Waals surface area contributed by atoms with Crippen LogP contribution >= 0.6 is 0 Å². The van der Waals surface area contributed by atoms with Crippen molar-refractivity contribution in [3.05, 3.63) is 59.7 Å². The second kappa shape index (κ2) is 6.07. The SMILES string of the molecule is Nc1ccc(NCc2ccccc2)c(CCO)c1. The Morgan fingerprint density at radius 2 is 1.83 bits per heavy atom. The summed E-state index contributed by atoms with van der Waals surface area (Å²) in [5.41, 5.74) is 9.79. The summed E-state index contributed by atoms with van der Waals surface area (Å²) in [5, 5.41) is 12.4. The third kappa shape index (κ3) is 3.25. The van der Waals surface area contributed by atoms with Crippen LogP contribution in [0.25, 0.3) is 0 Å². The zero-order valence-electron chi connectivity index (χ0n) is 10.3. The maximum absolute atomic E-state index is 9.05. The van der Waals surface area contributed by atoms with Gasteiger partial charge in [-0.2, -0.15) is 0 Å². The molecule has 0 aliphatic heterocycles. The Balaban J connectivity index is 2.09. The smallest absolute Gasteiger partial charge is 0.0472 e. The van der Waals surface area contributed by atoms with Crippen molar-refractivity contribution < 1.29 is 5.11 Å². The molecule has 0 radical (unpaired) electrons. The number of aliphatic hydroxyl groups is 1. The van der Waals surface area contributed by atoms with Crippen molar-refractivity contribution in [3.63, 3.8) is 0 Å². The summed E-state index contributed by atoms with van der Waals surface area (Å²) in [6, 6.07) is 15.9. The van der Waals surface area contributed by atoms with Gasteiger partial charge in [0.05, 0.1) is 0 Å². The highest BCUT2D eigenvalue weighted by Crippen LogP contribution is 2.20. The first kappa shape index (κ1) is 12.5. The molecule has 0 saturated heterocycles. The molecule has 0 fully saturated rings. The standard InChI is InChI=1S/C15H18N2O/c16-14-6-7-15(13(10-14)8-9-18)17-11-12-4-2-1-3-5-12/h1-7,10,17-18H,8-9,11,16H2. The van der Waals surface area contributed by atoms with Crippen LogP contribution in [0.5, 0.6) is 0 Å². The van der Waals surface area contributed by atoms with Crippen molar-refractivity contribution in [3.8, 4) is 0 Å².